The predicted molar refractivity (Wildman–Crippen MR) is 66.3 cm³/mol. The fourth-order valence-corrected chi connectivity index (χ4v) is 1.78. The summed E-state index contributed by atoms with van der Waals surface area (Å²) in [4.78, 5) is 18.1. The third-order valence-electron chi connectivity index (χ3n) is 2.62. The summed E-state index contributed by atoms with van der Waals surface area (Å²) in [6, 6.07) is 8.05. The maximum Gasteiger partial charge on any atom is 0.217 e. The van der Waals surface area contributed by atoms with Crippen LogP contribution in [0.25, 0.3) is 11.3 Å². The molecule has 0 spiro atoms. The van der Waals surface area contributed by atoms with Gasteiger partial charge in [-0.3, -0.25) is 4.79 Å². The minimum Gasteiger partial charge on any atom is -0.350 e. The van der Waals surface area contributed by atoms with Gasteiger partial charge in [0.05, 0.1) is 24.3 Å². The molecule has 88 valence electrons. The molecule has 2 N–H and O–H groups in total. The molecular formula is C13H15N3O. The maximum absolute atomic E-state index is 11.0. The molecular weight excluding hydrogens is 214 g/mol. The van der Waals surface area contributed by atoms with Gasteiger partial charge in [0, 0.05) is 6.92 Å². The molecule has 2 rings (SSSR count). The largest absolute Gasteiger partial charge is 0.350 e. The molecule has 4 nitrogen and oxygen atoms in total. The first kappa shape index (κ1) is 11.4. The number of nitrogens with one attached hydrogen (secondary N) is 2. The van der Waals surface area contributed by atoms with E-state index >= 15 is 0 Å². The highest BCUT2D eigenvalue weighted by molar-refractivity contribution is 5.73. The third-order valence-corrected chi connectivity index (χ3v) is 2.62. The molecule has 0 radical (unpaired) electrons. The van der Waals surface area contributed by atoms with Crippen molar-refractivity contribution in [3.63, 3.8) is 0 Å². The molecule has 0 aliphatic heterocycles. The number of carbonyl (C=O) groups is 1. The molecule has 0 saturated heterocycles. The number of benzene rings is 1. The van der Waals surface area contributed by atoms with E-state index in [1.165, 1.54) is 6.92 Å². The van der Waals surface area contributed by atoms with Crippen molar-refractivity contribution in [1.29, 1.82) is 0 Å². The molecule has 1 heterocycles. The van der Waals surface area contributed by atoms with Crippen LogP contribution >= 0.6 is 0 Å². The van der Waals surface area contributed by atoms with Gasteiger partial charge in [-0.15, -0.1) is 0 Å². The summed E-state index contributed by atoms with van der Waals surface area (Å²) in [5.74, 6) is -0.0237. The smallest absolute Gasteiger partial charge is 0.217 e. The molecule has 17 heavy (non-hydrogen) atoms. The number of aromatic amines is 1. The lowest BCUT2D eigenvalue weighted by Gasteiger charge is -2.13. The van der Waals surface area contributed by atoms with Crippen molar-refractivity contribution in [3.8, 4) is 11.3 Å². The Kier molecular flexibility index (Phi) is 3.23. The van der Waals surface area contributed by atoms with E-state index in [1.54, 1.807) is 12.5 Å². The third kappa shape index (κ3) is 2.72. The Morgan fingerprint density at radius 2 is 2.29 bits per heavy atom. The Balaban J connectivity index is 2.25. The van der Waals surface area contributed by atoms with Crippen LogP contribution in [0, 0.1) is 0 Å². The minimum atomic E-state index is -0.0237. The van der Waals surface area contributed by atoms with Crippen LogP contribution in [-0.2, 0) is 4.79 Å². The number of rotatable bonds is 3. The lowest BCUT2D eigenvalue weighted by Crippen LogP contribution is -2.23. The second-order valence-electron chi connectivity index (χ2n) is 4.01. The van der Waals surface area contributed by atoms with Crippen LogP contribution in [0.2, 0.25) is 0 Å². The molecule has 1 aromatic carbocycles. The van der Waals surface area contributed by atoms with E-state index in [0.29, 0.717) is 0 Å². The zero-order valence-electron chi connectivity index (χ0n) is 9.90. The van der Waals surface area contributed by atoms with Crippen molar-refractivity contribution in [2.45, 2.75) is 19.9 Å². The van der Waals surface area contributed by atoms with Crippen LogP contribution in [0.15, 0.2) is 36.8 Å². The standard InChI is InChI=1S/C13H15N3O/c1-9(16-10(2)17)11-4-3-5-12(6-11)13-7-14-8-15-13/h3-9H,1-2H3,(H,14,15)(H,16,17). The van der Waals surface area contributed by atoms with Crippen LogP contribution in [0.4, 0.5) is 0 Å². The van der Waals surface area contributed by atoms with Crippen molar-refractivity contribution in [2.24, 2.45) is 0 Å². The SMILES string of the molecule is CC(=O)NC(C)c1cccc(-c2cnc[nH]2)c1. The number of hydrogen-bond donors (Lipinski definition) is 2. The lowest BCUT2D eigenvalue weighted by molar-refractivity contribution is -0.119. The van der Waals surface area contributed by atoms with Gasteiger partial charge in [-0.2, -0.15) is 0 Å². The van der Waals surface area contributed by atoms with E-state index in [0.717, 1.165) is 16.8 Å². The zero-order chi connectivity index (χ0) is 12.3. The minimum absolute atomic E-state index is 0.00960. The second-order valence-corrected chi connectivity index (χ2v) is 4.01. The summed E-state index contributed by atoms with van der Waals surface area (Å²) in [7, 11) is 0. The van der Waals surface area contributed by atoms with Gasteiger partial charge in [0.2, 0.25) is 5.91 Å². The van der Waals surface area contributed by atoms with E-state index in [1.807, 2.05) is 31.2 Å². The van der Waals surface area contributed by atoms with E-state index < -0.39 is 0 Å². The normalized spacial score (nSPS) is 12.1. The Morgan fingerprint density at radius 3 is 2.94 bits per heavy atom. The van der Waals surface area contributed by atoms with E-state index in [9.17, 15) is 4.79 Å². The highest BCUT2D eigenvalue weighted by Crippen LogP contribution is 2.21. The number of carbonyl (C=O) groups excluding carboxylic acids is 1. The van der Waals surface area contributed by atoms with Gasteiger partial charge < -0.3 is 10.3 Å². The number of H-pyrrole nitrogens is 1. The monoisotopic (exact) mass is 229 g/mol. The molecule has 0 saturated carbocycles. The molecule has 0 aliphatic rings. The fourth-order valence-electron chi connectivity index (χ4n) is 1.78. The van der Waals surface area contributed by atoms with E-state index in [-0.39, 0.29) is 11.9 Å². The second kappa shape index (κ2) is 4.82. The highest BCUT2D eigenvalue weighted by atomic mass is 16.1. The first-order valence-corrected chi connectivity index (χ1v) is 5.52. The number of amides is 1. The first-order chi connectivity index (χ1) is 8.16. The van der Waals surface area contributed by atoms with Gasteiger partial charge in [0.25, 0.3) is 0 Å². The lowest BCUT2D eigenvalue weighted by atomic mass is 10.0. The van der Waals surface area contributed by atoms with Crippen molar-refractivity contribution < 1.29 is 4.79 Å². The van der Waals surface area contributed by atoms with E-state index in [4.69, 9.17) is 0 Å². The number of nitrogens with zero attached hydrogens (tertiary/aromatic N) is 1. The molecule has 2 aromatic rings. The predicted octanol–water partition coefficient (Wildman–Crippen LogP) is 2.27. The van der Waals surface area contributed by atoms with Gasteiger partial charge in [-0.05, 0) is 24.1 Å². The van der Waals surface area contributed by atoms with E-state index in [2.05, 4.69) is 15.3 Å². The molecule has 1 unspecified atom stereocenters. The van der Waals surface area contributed by atoms with Crippen molar-refractivity contribution in [2.75, 3.05) is 0 Å². The summed E-state index contributed by atoms with van der Waals surface area (Å²) < 4.78 is 0. The Hall–Kier alpha value is -2.10. The molecule has 0 fully saturated rings. The first-order valence-electron chi connectivity index (χ1n) is 5.52. The summed E-state index contributed by atoms with van der Waals surface area (Å²) in [5, 5.41) is 2.87. The van der Waals surface area contributed by atoms with Gasteiger partial charge in [0.1, 0.15) is 0 Å². The zero-order valence-corrected chi connectivity index (χ0v) is 9.90. The van der Waals surface area contributed by atoms with Crippen molar-refractivity contribution in [3.05, 3.63) is 42.4 Å². The van der Waals surface area contributed by atoms with Crippen LogP contribution in [0.5, 0.6) is 0 Å². The van der Waals surface area contributed by atoms with Gasteiger partial charge in [-0.1, -0.05) is 18.2 Å². The topological polar surface area (TPSA) is 57.8 Å². The molecule has 0 aliphatic carbocycles. The van der Waals surface area contributed by atoms with Crippen LogP contribution in [-0.4, -0.2) is 15.9 Å². The summed E-state index contributed by atoms with van der Waals surface area (Å²) in [6.07, 6.45) is 3.43. The molecule has 1 aromatic heterocycles. The Labute approximate surface area is 100 Å². The molecule has 1 amide bonds. The Bertz CT molecular complexity index is 505. The van der Waals surface area contributed by atoms with Crippen molar-refractivity contribution >= 4 is 5.91 Å². The maximum atomic E-state index is 11.0. The molecule has 4 heteroatoms. The number of imidazole rings is 1. The van der Waals surface area contributed by atoms with Crippen LogP contribution in [0.3, 0.4) is 0 Å². The Morgan fingerprint density at radius 1 is 1.47 bits per heavy atom. The summed E-state index contributed by atoms with van der Waals surface area (Å²) in [5.41, 5.74) is 3.12. The number of aromatic nitrogens is 2. The average molecular weight is 229 g/mol. The van der Waals surface area contributed by atoms with Gasteiger partial charge >= 0.3 is 0 Å². The fraction of sp³-hybridized carbons (Fsp3) is 0.231. The molecule has 1 atom stereocenters. The van der Waals surface area contributed by atoms with Gasteiger partial charge in [0.15, 0.2) is 0 Å². The van der Waals surface area contributed by atoms with Gasteiger partial charge in [-0.25, -0.2) is 4.98 Å². The quantitative estimate of drug-likeness (QED) is 0.848. The van der Waals surface area contributed by atoms with Crippen LogP contribution in [0.1, 0.15) is 25.5 Å². The summed E-state index contributed by atoms with van der Waals surface area (Å²) in [6.45, 7) is 3.49. The average Bonchev–Trinajstić information content (AvgIpc) is 2.82. The number of hydrogen-bond acceptors (Lipinski definition) is 2. The summed E-state index contributed by atoms with van der Waals surface area (Å²) >= 11 is 0. The van der Waals surface area contributed by atoms with Crippen LogP contribution < -0.4 is 5.32 Å². The van der Waals surface area contributed by atoms with Crippen molar-refractivity contribution in [1.82, 2.24) is 15.3 Å². The molecule has 0 bridgehead atoms. The highest BCUT2D eigenvalue weighted by Gasteiger charge is 2.07.